The lowest BCUT2D eigenvalue weighted by Crippen LogP contribution is -2.53. The molecular formula is C35H60O6. The van der Waals surface area contributed by atoms with Gasteiger partial charge in [-0.25, -0.2) is 4.79 Å². The van der Waals surface area contributed by atoms with Gasteiger partial charge in [0, 0.05) is 0 Å². The molecule has 0 heterocycles. The summed E-state index contributed by atoms with van der Waals surface area (Å²) in [5, 5.41) is 20.1. The molecule has 0 fully saturated rings. The van der Waals surface area contributed by atoms with Gasteiger partial charge in [-0.05, 0) is 19.3 Å². The summed E-state index contributed by atoms with van der Waals surface area (Å²) in [6, 6.07) is 0. The monoisotopic (exact) mass is 576 g/mol. The number of aliphatic carboxylic acids is 2. The third-order valence-corrected chi connectivity index (χ3v) is 8.82. The number of esters is 1. The first kappa shape index (κ1) is 36.9. The number of ether oxygens (including phenoxy) is 1. The predicted octanol–water partition coefficient (Wildman–Crippen LogP) is 9.81. The van der Waals surface area contributed by atoms with Crippen molar-refractivity contribution in [1.82, 2.24) is 0 Å². The first-order chi connectivity index (χ1) is 19.8. The summed E-state index contributed by atoms with van der Waals surface area (Å²) >= 11 is 0. The zero-order valence-corrected chi connectivity index (χ0v) is 26.5. The Balaban J connectivity index is 2.50. The third kappa shape index (κ3) is 12.3. The van der Waals surface area contributed by atoms with Crippen molar-refractivity contribution in [2.24, 2.45) is 10.8 Å². The second kappa shape index (κ2) is 21.6. The Bertz CT molecular complexity index is 815. The number of carbonyl (C=O) groups excluding carboxylic acids is 1. The van der Waals surface area contributed by atoms with Gasteiger partial charge in [0.2, 0.25) is 0 Å². The van der Waals surface area contributed by atoms with Crippen LogP contribution in [0.1, 0.15) is 162 Å². The van der Waals surface area contributed by atoms with Crippen molar-refractivity contribution in [1.29, 1.82) is 0 Å². The average molecular weight is 577 g/mol. The highest BCUT2D eigenvalue weighted by Gasteiger charge is 2.60. The smallest absolute Gasteiger partial charge is 0.335 e. The Labute approximate surface area is 250 Å². The van der Waals surface area contributed by atoms with Gasteiger partial charge in [-0.15, -0.1) is 0 Å². The first-order valence-corrected chi connectivity index (χ1v) is 16.9. The van der Waals surface area contributed by atoms with Crippen LogP contribution in [-0.2, 0) is 19.1 Å². The van der Waals surface area contributed by atoms with Crippen LogP contribution in [0, 0.1) is 10.8 Å². The Morgan fingerprint density at radius 1 is 0.610 bits per heavy atom. The van der Waals surface area contributed by atoms with Crippen LogP contribution in [0.15, 0.2) is 23.8 Å². The summed E-state index contributed by atoms with van der Waals surface area (Å²) in [6.07, 6.45) is 27.6. The molecule has 1 aliphatic carbocycles. The molecule has 236 valence electrons. The molecule has 1 rings (SSSR count). The molecular weight excluding hydrogens is 516 g/mol. The van der Waals surface area contributed by atoms with Gasteiger partial charge in [-0.1, -0.05) is 161 Å². The lowest BCUT2D eigenvalue weighted by Gasteiger charge is -2.45. The normalized spacial score (nSPS) is 20.1. The summed E-state index contributed by atoms with van der Waals surface area (Å²) in [5.74, 6) is -2.87. The van der Waals surface area contributed by atoms with Gasteiger partial charge in [0.1, 0.15) is 10.8 Å². The lowest BCUT2D eigenvalue weighted by molar-refractivity contribution is -0.171. The van der Waals surface area contributed by atoms with Crippen molar-refractivity contribution < 1.29 is 29.3 Å². The van der Waals surface area contributed by atoms with Crippen molar-refractivity contribution in [2.75, 3.05) is 6.61 Å². The van der Waals surface area contributed by atoms with Crippen LogP contribution in [0.25, 0.3) is 0 Å². The number of hydrogen-bond donors (Lipinski definition) is 2. The predicted molar refractivity (Wildman–Crippen MR) is 167 cm³/mol. The summed E-state index contributed by atoms with van der Waals surface area (Å²) in [6.45, 7) is 6.44. The fourth-order valence-electron chi connectivity index (χ4n) is 6.12. The fraction of sp³-hybridized carbons (Fsp3) is 0.800. The van der Waals surface area contributed by atoms with E-state index in [1.807, 2.05) is 13.8 Å². The van der Waals surface area contributed by atoms with Crippen molar-refractivity contribution in [3.63, 3.8) is 0 Å². The maximum absolute atomic E-state index is 13.7. The van der Waals surface area contributed by atoms with Gasteiger partial charge in [-0.2, -0.15) is 0 Å². The van der Waals surface area contributed by atoms with E-state index in [0.29, 0.717) is 12.8 Å². The van der Waals surface area contributed by atoms with E-state index in [9.17, 15) is 24.6 Å². The quantitative estimate of drug-likeness (QED) is 0.0785. The second-order valence-electron chi connectivity index (χ2n) is 12.1. The van der Waals surface area contributed by atoms with Crippen LogP contribution in [0.2, 0.25) is 0 Å². The van der Waals surface area contributed by atoms with Gasteiger partial charge in [0.05, 0.1) is 12.2 Å². The summed E-state index contributed by atoms with van der Waals surface area (Å²) < 4.78 is 5.74. The van der Waals surface area contributed by atoms with Crippen molar-refractivity contribution in [2.45, 2.75) is 162 Å². The average Bonchev–Trinajstić information content (AvgIpc) is 2.96. The maximum Gasteiger partial charge on any atom is 0.335 e. The van der Waals surface area contributed by atoms with E-state index < -0.39 is 28.7 Å². The molecule has 0 aliphatic heterocycles. The molecule has 0 bridgehead atoms. The molecule has 0 saturated heterocycles. The molecule has 0 saturated carbocycles. The Hall–Kier alpha value is -2.11. The van der Waals surface area contributed by atoms with Crippen LogP contribution < -0.4 is 0 Å². The molecule has 2 atom stereocenters. The zero-order valence-electron chi connectivity index (χ0n) is 26.5. The van der Waals surface area contributed by atoms with Crippen LogP contribution in [-0.4, -0.2) is 34.7 Å². The molecule has 0 aromatic carbocycles. The molecule has 2 unspecified atom stereocenters. The van der Waals surface area contributed by atoms with Crippen molar-refractivity contribution >= 4 is 17.9 Å². The van der Waals surface area contributed by atoms with E-state index in [1.54, 1.807) is 0 Å². The number of hydrogen-bond acceptors (Lipinski definition) is 4. The Kier molecular flexibility index (Phi) is 19.4. The van der Waals surface area contributed by atoms with Crippen LogP contribution >= 0.6 is 0 Å². The minimum absolute atomic E-state index is 0.0474. The SMILES string of the molecule is CCCCCCCCCCCCCCCCCCOC(=O)C1(CCCC)C=C(C(=O)O)C=CC1(CCCC)C(=O)O. The molecule has 41 heavy (non-hydrogen) atoms. The molecule has 2 N–H and O–H groups in total. The van der Waals surface area contributed by atoms with E-state index in [-0.39, 0.29) is 25.0 Å². The van der Waals surface area contributed by atoms with E-state index in [1.165, 1.54) is 102 Å². The lowest BCUT2D eigenvalue weighted by atomic mass is 9.56. The second-order valence-corrected chi connectivity index (χ2v) is 12.1. The van der Waals surface area contributed by atoms with Gasteiger partial charge in [0.25, 0.3) is 0 Å². The van der Waals surface area contributed by atoms with Crippen molar-refractivity contribution in [3.05, 3.63) is 23.8 Å². The number of carboxylic acid groups (broad SMARTS) is 2. The molecule has 6 heteroatoms. The minimum atomic E-state index is -1.53. The summed E-state index contributed by atoms with van der Waals surface area (Å²) in [7, 11) is 0. The van der Waals surface area contributed by atoms with E-state index >= 15 is 0 Å². The summed E-state index contributed by atoms with van der Waals surface area (Å²) in [4.78, 5) is 38.3. The Morgan fingerprint density at radius 3 is 1.44 bits per heavy atom. The third-order valence-electron chi connectivity index (χ3n) is 8.82. The molecule has 1 aliphatic rings. The van der Waals surface area contributed by atoms with Crippen LogP contribution in [0.3, 0.4) is 0 Å². The zero-order chi connectivity index (χ0) is 30.4. The highest BCUT2D eigenvalue weighted by Crippen LogP contribution is 2.53. The highest BCUT2D eigenvalue weighted by atomic mass is 16.5. The highest BCUT2D eigenvalue weighted by molar-refractivity contribution is 5.97. The number of unbranched alkanes of at least 4 members (excludes halogenated alkanes) is 17. The molecule has 6 nitrogen and oxygen atoms in total. The molecule has 0 aromatic rings. The minimum Gasteiger partial charge on any atom is -0.481 e. The van der Waals surface area contributed by atoms with Gasteiger partial charge in [-0.3, -0.25) is 9.59 Å². The van der Waals surface area contributed by atoms with E-state index in [0.717, 1.165) is 32.1 Å². The van der Waals surface area contributed by atoms with Crippen LogP contribution in [0.5, 0.6) is 0 Å². The fourth-order valence-corrected chi connectivity index (χ4v) is 6.12. The standard InChI is InChI=1S/C35H60O6/c1-4-7-10-11-12-13-14-15-16-17-18-19-20-21-22-23-28-41-33(40)35(26-9-6-3)29-30(31(36)37)24-27-34(35,32(38)39)25-8-5-2/h24,27,29H,4-23,25-26,28H2,1-3H3,(H,36,37)(H,38,39). The van der Waals surface area contributed by atoms with E-state index in [2.05, 4.69) is 6.92 Å². The van der Waals surface area contributed by atoms with E-state index in [4.69, 9.17) is 4.74 Å². The molecule has 0 amide bonds. The Morgan fingerprint density at radius 2 is 1.02 bits per heavy atom. The molecule has 0 aromatic heterocycles. The largest absolute Gasteiger partial charge is 0.481 e. The van der Waals surface area contributed by atoms with Crippen LogP contribution in [0.4, 0.5) is 0 Å². The maximum atomic E-state index is 13.7. The number of rotatable bonds is 26. The molecule has 0 spiro atoms. The first-order valence-electron chi connectivity index (χ1n) is 16.9. The molecule has 0 radical (unpaired) electrons. The van der Waals surface area contributed by atoms with Gasteiger partial charge in [0.15, 0.2) is 0 Å². The summed E-state index contributed by atoms with van der Waals surface area (Å²) in [5.41, 5.74) is -3.08. The number of carbonyl (C=O) groups is 3. The van der Waals surface area contributed by atoms with Gasteiger partial charge < -0.3 is 14.9 Å². The van der Waals surface area contributed by atoms with Gasteiger partial charge >= 0.3 is 17.9 Å². The van der Waals surface area contributed by atoms with Crippen molar-refractivity contribution in [3.8, 4) is 0 Å². The number of carboxylic acids is 2. The topological polar surface area (TPSA) is 101 Å².